The van der Waals surface area contributed by atoms with E-state index in [4.69, 9.17) is 9.47 Å². The summed E-state index contributed by atoms with van der Waals surface area (Å²) in [5.41, 5.74) is 1.12. The highest BCUT2D eigenvalue weighted by Gasteiger charge is 2.61. The molecule has 4 aliphatic carbocycles. The van der Waals surface area contributed by atoms with Gasteiger partial charge in [-0.05, 0) is 92.4 Å². The van der Waals surface area contributed by atoms with Crippen LogP contribution in [0.4, 0.5) is 0 Å². The molecule has 32 heavy (non-hydrogen) atoms. The van der Waals surface area contributed by atoms with Crippen molar-refractivity contribution in [3.05, 3.63) is 11.6 Å². The van der Waals surface area contributed by atoms with Crippen LogP contribution in [0, 0.1) is 40.4 Å². The Balaban J connectivity index is 1.56. The summed E-state index contributed by atoms with van der Waals surface area (Å²) in [7, 11) is 1.44. The quantitative estimate of drug-likeness (QED) is 0.541. The fraction of sp³-hybridized carbons (Fsp3) is 0.815. The number of rotatable bonds is 5. The van der Waals surface area contributed by atoms with E-state index >= 15 is 0 Å². The summed E-state index contributed by atoms with van der Waals surface area (Å²) >= 11 is 0. The molecular weight excluding hydrogens is 404 g/mol. The van der Waals surface area contributed by atoms with Crippen LogP contribution in [-0.2, 0) is 23.9 Å². The van der Waals surface area contributed by atoms with Gasteiger partial charge >= 0.3 is 11.9 Å². The molecular formula is C27H40O5. The molecule has 0 saturated heterocycles. The fourth-order valence-corrected chi connectivity index (χ4v) is 8.21. The average molecular weight is 445 g/mol. The van der Waals surface area contributed by atoms with Crippen LogP contribution in [0.2, 0.25) is 0 Å². The second-order valence-electron chi connectivity index (χ2n) is 11.4. The van der Waals surface area contributed by atoms with Gasteiger partial charge in [-0.25, -0.2) is 0 Å². The number of methoxy groups -OCH3 is 1. The maximum absolute atomic E-state index is 13.8. The van der Waals surface area contributed by atoms with E-state index in [-0.39, 0.29) is 28.9 Å². The van der Waals surface area contributed by atoms with Gasteiger partial charge in [0.05, 0.1) is 7.11 Å². The minimum absolute atomic E-state index is 0.0267. The standard InChI is InChI=1S/C27H40O5/c1-16(6-11-25(30)31-5)21-9-10-22-20-8-7-18-14-19(32-17(2)28)12-13-26(18,3)23(20)15-24(29)27(21,22)4/h15-16,18-22H,6-14H2,1-5H3/t16-,18-,19-,20+,21+,22-,26-,27-/m1/s1. The first-order valence-electron chi connectivity index (χ1n) is 12.6. The third kappa shape index (κ3) is 3.74. The summed E-state index contributed by atoms with van der Waals surface area (Å²) in [4.78, 5) is 36.9. The Bertz CT molecular complexity index is 815. The van der Waals surface area contributed by atoms with E-state index in [2.05, 4.69) is 20.8 Å². The zero-order chi connectivity index (χ0) is 23.3. The van der Waals surface area contributed by atoms with Crippen molar-refractivity contribution in [3.63, 3.8) is 0 Å². The zero-order valence-corrected chi connectivity index (χ0v) is 20.4. The Morgan fingerprint density at radius 1 is 1.16 bits per heavy atom. The van der Waals surface area contributed by atoms with E-state index < -0.39 is 0 Å². The van der Waals surface area contributed by atoms with Crippen molar-refractivity contribution in [2.75, 3.05) is 7.11 Å². The second kappa shape index (κ2) is 8.61. The highest BCUT2D eigenvalue weighted by molar-refractivity contribution is 5.97. The number of esters is 2. The number of ether oxygens (including phenoxy) is 2. The molecule has 5 nitrogen and oxygen atoms in total. The lowest BCUT2D eigenvalue weighted by atomic mass is 9.48. The van der Waals surface area contributed by atoms with Crippen molar-refractivity contribution in [2.24, 2.45) is 40.4 Å². The summed E-state index contributed by atoms with van der Waals surface area (Å²) in [5.74, 6) is 1.99. The van der Waals surface area contributed by atoms with Crippen LogP contribution in [-0.4, -0.2) is 30.9 Å². The van der Waals surface area contributed by atoms with Gasteiger partial charge < -0.3 is 9.47 Å². The molecule has 4 rings (SSSR count). The molecule has 0 heterocycles. The van der Waals surface area contributed by atoms with Gasteiger partial charge in [-0.3, -0.25) is 14.4 Å². The maximum Gasteiger partial charge on any atom is 0.305 e. The molecule has 0 radical (unpaired) electrons. The molecule has 0 bridgehead atoms. The maximum atomic E-state index is 13.8. The summed E-state index contributed by atoms with van der Waals surface area (Å²) in [6.07, 6.45) is 10.5. The Kier molecular flexibility index (Phi) is 6.32. The third-order valence-corrected chi connectivity index (χ3v) is 10.0. The SMILES string of the molecule is COC(=O)CC[C@@H](C)[C@@H]1CC[C@@H]2[C@@H]3CC[C@@H]4C[C@H](OC(C)=O)CC[C@@]4(C)C3=CC(=O)[C@@]21C. The van der Waals surface area contributed by atoms with Crippen molar-refractivity contribution < 1.29 is 23.9 Å². The number of hydrogen-bond donors (Lipinski definition) is 0. The van der Waals surface area contributed by atoms with Gasteiger partial charge in [-0.15, -0.1) is 0 Å². The minimum Gasteiger partial charge on any atom is -0.469 e. The molecule has 5 heteroatoms. The van der Waals surface area contributed by atoms with Crippen LogP contribution in [0.5, 0.6) is 0 Å². The number of fused-ring (bicyclic) bond motifs is 5. The number of carbonyl (C=O) groups is 3. The first kappa shape index (κ1) is 23.5. The molecule has 178 valence electrons. The number of ketones is 1. The van der Waals surface area contributed by atoms with Crippen LogP contribution in [0.3, 0.4) is 0 Å². The molecule has 0 aromatic rings. The van der Waals surface area contributed by atoms with E-state index in [0.717, 1.165) is 51.4 Å². The molecule has 0 aromatic heterocycles. The predicted molar refractivity (Wildman–Crippen MR) is 122 cm³/mol. The summed E-state index contributed by atoms with van der Waals surface area (Å²) in [6.45, 7) is 8.28. The van der Waals surface area contributed by atoms with Gasteiger partial charge in [0.2, 0.25) is 0 Å². The van der Waals surface area contributed by atoms with Crippen molar-refractivity contribution in [3.8, 4) is 0 Å². The largest absolute Gasteiger partial charge is 0.469 e. The van der Waals surface area contributed by atoms with Crippen LogP contribution in [0.15, 0.2) is 11.6 Å². The van der Waals surface area contributed by atoms with Crippen molar-refractivity contribution in [2.45, 2.75) is 91.6 Å². The van der Waals surface area contributed by atoms with E-state index in [1.165, 1.54) is 19.6 Å². The van der Waals surface area contributed by atoms with Gasteiger partial charge in [0.25, 0.3) is 0 Å². The molecule has 0 spiro atoms. The molecule has 8 atom stereocenters. The van der Waals surface area contributed by atoms with Gasteiger partial charge in [-0.2, -0.15) is 0 Å². The molecule has 0 N–H and O–H groups in total. The molecule has 3 fully saturated rings. The van der Waals surface area contributed by atoms with Crippen LogP contribution in [0.1, 0.15) is 85.5 Å². The van der Waals surface area contributed by atoms with E-state index in [1.54, 1.807) is 0 Å². The Morgan fingerprint density at radius 2 is 1.91 bits per heavy atom. The lowest BCUT2D eigenvalue weighted by Crippen LogP contribution is -2.52. The first-order chi connectivity index (χ1) is 15.1. The van der Waals surface area contributed by atoms with Crippen molar-refractivity contribution in [1.82, 2.24) is 0 Å². The van der Waals surface area contributed by atoms with Crippen LogP contribution < -0.4 is 0 Å². The molecule has 0 aromatic carbocycles. The normalized spacial score (nSPS) is 41.6. The smallest absolute Gasteiger partial charge is 0.305 e. The Labute approximate surface area is 192 Å². The lowest BCUT2D eigenvalue weighted by Gasteiger charge is -2.56. The Morgan fingerprint density at radius 3 is 2.59 bits per heavy atom. The van der Waals surface area contributed by atoms with Crippen molar-refractivity contribution >= 4 is 17.7 Å². The average Bonchev–Trinajstić information content (AvgIpc) is 3.11. The molecule has 0 aliphatic heterocycles. The number of carbonyl (C=O) groups excluding carboxylic acids is 3. The molecule has 0 unspecified atom stereocenters. The highest BCUT2D eigenvalue weighted by Crippen LogP contribution is 2.65. The van der Waals surface area contributed by atoms with Crippen molar-refractivity contribution in [1.29, 1.82) is 0 Å². The predicted octanol–water partition coefficient (Wildman–Crippen LogP) is 5.27. The summed E-state index contributed by atoms with van der Waals surface area (Å²) < 4.78 is 10.4. The van der Waals surface area contributed by atoms with Gasteiger partial charge in [-0.1, -0.05) is 26.3 Å². The van der Waals surface area contributed by atoms with Crippen LogP contribution in [0.25, 0.3) is 0 Å². The summed E-state index contributed by atoms with van der Waals surface area (Å²) in [6, 6.07) is 0. The number of allylic oxidation sites excluding steroid dienone is 2. The topological polar surface area (TPSA) is 69.7 Å². The monoisotopic (exact) mass is 444 g/mol. The third-order valence-electron chi connectivity index (χ3n) is 10.0. The van der Waals surface area contributed by atoms with Crippen LogP contribution >= 0.6 is 0 Å². The summed E-state index contributed by atoms with van der Waals surface area (Å²) in [5, 5.41) is 0. The minimum atomic E-state index is -0.318. The zero-order valence-electron chi connectivity index (χ0n) is 20.4. The van der Waals surface area contributed by atoms with E-state index in [1.807, 2.05) is 6.08 Å². The highest BCUT2D eigenvalue weighted by atomic mass is 16.5. The number of hydrogen-bond acceptors (Lipinski definition) is 5. The van der Waals surface area contributed by atoms with E-state index in [0.29, 0.717) is 41.8 Å². The Hall–Kier alpha value is -1.65. The van der Waals surface area contributed by atoms with E-state index in [9.17, 15) is 14.4 Å². The lowest BCUT2D eigenvalue weighted by molar-refractivity contribution is -0.151. The molecule has 0 amide bonds. The van der Waals surface area contributed by atoms with Gasteiger partial charge in [0.1, 0.15) is 6.10 Å². The first-order valence-corrected chi connectivity index (χ1v) is 12.6. The fourth-order valence-electron chi connectivity index (χ4n) is 8.21. The molecule has 3 saturated carbocycles. The van der Waals surface area contributed by atoms with Gasteiger partial charge in [0, 0.05) is 18.8 Å². The van der Waals surface area contributed by atoms with Gasteiger partial charge in [0.15, 0.2) is 5.78 Å². The second-order valence-corrected chi connectivity index (χ2v) is 11.4. The molecule has 4 aliphatic rings.